The molecule has 4 nitrogen and oxygen atoms in total. The summed E-state index contributed by atoms with van der Waals surface area (Å²) in [5, 5.41) is 7.31. The molecule has 0 bridgehead atoms. The van der Waals surface area contributed by atoms with Crippen LogP contribution in [0.4, 0.5) is 11.4 Å². The van der Waals surface area contributed by atoms with Gasteiger partial charge in [0.25, 0.3) is 0 Å². The van der Waals surface area contributed by atoms with Crippen LogP contribution >= 0.6 is 34.8 Å². The van der Waals surface area contributed by atoms with Gasteiger partial charge in [-0.3, -0.25) is 4.79 Å². The van der Waals surface area contributed by atoms with E-state index in [2.05, 4.69) is 10.6 Å². The Bertz CT molecular complexity index is 736. The van der Waals surface area contributed by atoms with E-state index in [4.69, 9.17) is 39.5 Å². The Morgan fingerprint density at radius 1 is 1.09 bits per heavy atom. The number of hydrogen-bond acceptors (Lipinski definition) is 3. The smallest absolute Gasteiger partial charge is 0.243 e. The number of amides is 1. The first kappa shape index (κ1) is 17.7. The van der Waals surface area contributed by atoms with Crippen LogP contribution < -0.4 is 15.4 Å². The molecule has 0 aliphatic carbocycles. The zero-order valence-electron chi connectivity index (χ0n) is 12.5. The van der Waals surface area contributed by atoms with Gasteiger partial charge in [-0.25, -0.2) is 0 Å². The van der Waals surface area contributed by atoms with Crippen LogP contribution in [0.1, 0.15) is 5.56 Å². The maximum atomic E-state index is 12.1. The lowest BCUT2D eigenvalue weighted by molar-refractivity contribution is -0.114. The number of nitrogens with one attached hydrogen (secondary N) is 2. The van der Waals surface area contributed by atoms with Crippen molar-refractivity contribution in [3.05, 3.63) is 51.0 Å². The molecule has 2 aromatic carbocycles. The predicted octanol–water partition coefficient (Wildman–Crippen LogP) is 5.01. The summed E-state index contributed by atoms with van der Waals surface area (Å²) in [5.41, 5.74) is 1.99. The summed E-state index contributed by atoms with van der Waals surface area (Å²) in [6, 6.07) is 8.41. The average Bonchev–Trinajstić information content (AvgIpc) is 2.51. The third-order valence-electron chi connectivity index (χ3n) is 3.12. The van der Waals surface area contributed by atoms with Crippen LogP contribution in [-0.4, -0.2) is 19.6 Å². The van der Waals surface area contributed by atoms with Crippen molar-refractivity contribution < 1.29 is 9.53 Å². The molecule has 1 amide bonds. The van der Waals surface area contributed by atoms with Crippen molar-refractivity contribution in [1.29, 1.82) is 0 Å². The van der Waals surface area contributed by atoms with Gasteiger partial charge in [-0.2, -0.15) is 0 Å². The van der Waals surface area contributed by atoms with Crippen LogP contribution in [0.5, 0.6) is 5.75 Å². The van der Waals surface area contributed by atoms with E-state index < -0.39 is 0 Å². The molecule has 0 fully saturated rings. The highest BCUT2D eigenvalue weighted by molar-refractivity contribution is 6.35. The first-order chi connectivity index (χ1) is 10.9. The molecular formula is C16H15Cl3N2O2. The number of carbonyl (C=O) groups is 1. The van der Waals surface area contributed by atoms with Crippen molar-refractivity contribution >= 4 is 52.1 Å². The highest BCUT2D eigenvalue weighted by Crippen LogP contribution is 2.31. The molecule has 2 N–H and O–H groups in total. The van der Waals surface area contributed by atoms with E-state index in [0.29, 0.717) is 32.2 Å². The molecule has 7 heteroatoms. The average molecular weight is 374 g/mol. The first-order valence-electron chi connectivity index (χ1n) is 6.73. The van der Waals surface area contributed by atoms with Gasteiger partial charge in [-0.1, -0.05) is 34.8 Å². The zero-order valence-corrected chi connectivity index (χ0v) is 14.8. The van der Waals surface area contributed by atoms with Crippen LogP contribution in [0, 0.1) is 6.92 Å². The zero-order chi connectivity index (χ0) is 17.0. The standard InChI is InChI=1S/C16H15Cl3N2O2/c1-9-5-14(15(23-2)7-12(9)19)21-16(22)8-20-13-6-10(17)3-4-11(13)18/h3-7,20H,8H2,1-2H3,(H,21,22). The fourth-order valence-electron chi connectivity index (χ4n) is 1.93. The number of benzene rings is 2. The van der Waals surface area contributed by atoms with Crippen molar-refractivity contribution in [2.75, 3.05) is 24.3 Å². The Balaban J connectivity index is 2.05. The summed E-state index contributed by atoms with van der Waals surface area (Å²) < 4.78 is 5.22. The first-order valence-corrected chi connectivity index (χ1v) is 7.87. The topological polar surface area (TPSA) is 50.4 Å². The quantitative estimate of drug-likeness (QED) is 0.774. The molecule has 0 saturated heterocycles. The summed E-state index contributed by atoms with van der Waals surface area (Å²) in [7, 11) is 1.51. The number of hydrogen-bond donors (Lipinski definition) is 2. The number of rotatable bonds is 5. The number of anilines is 2. The Morgan fingerprint density at radius 2 is 1.83 bits per heavy atom. The minimum atomic E-state index is -0.249. The lowest BCUT2D eigenvalue weighted by atomic mass is 10.2. The number of halogens is 3. The van der Waals surface area contributed by atoms with E-state index >= 15 is 0 Å². The van der Waals surface area contributed by atoms with Crippen LogP contribution in [0.2, 0.25) is 15.1 Å². The van der Waals surface area contributed by atoms with Gasteiger partial charge < -0.3 is 15.4 Å². The number of carbonyl (C=O) groups excluding carboxylic acids is 1. The second kappa shape index (κ2) is 7.77. The number of ether oxygens (including phenoxy) is 1. The van der Waals surface area contributed by atoms with Crippen LogP contribution in [0.3, 0.4) is 0 Å². The SMILES string of the molecule is COc1cc(Cl)c(C)cc1NC(=O)CNc1cc(Cl)ccc1Cl. The molecule has 2 aromatic rings. The van der Waals surface area contributed by atoms with Crippen molar-refractivity contribution in [3.8, 4) is 5.75 Å². The van der Waals surface area contributed by atoms with Gasteiger partial charge in [0.1, 0.15) is 5.75 Å². The van der Waals surface area contributed by atoms with E-state index in [1.807, 2.05) is 6.92 Å². The van der Waals surface area contributed by atoms with Crippen LogP contribution in [0.15, 0.2) is 30.3 Å². The maximum Gasteiger partial charge on any atom is 0.243 e. The molecule has 0 atom stereocenters. The third kappa shape index (κ3) is 4.67. The summed E-state index contributed by atoms with van der Waals surface area (Å²) in [6.45, 7) is 1.88. The summed E-state index contributed by atoms with van der Waals surface area (Å²) in [5.74, 6) is 0.246. The van der Waals surface area contributed by atoms with E-state index in [9.17, 15) is 4.79 Å². The lowest BCUT2D eigenvalue weighted by Crippen LogP contribution is -2.22. The maximum absolute atomic E-state index is 12.1. The Morgan fingerprint density at radius 3 is 2.52 bits per heavy atom. The number of methoxy groups -OCH3 is 1. The predicted molar refractivity (Wildman–Crippen MR) is 96.3 cm³/mol. The molecule has 0 aromatic heterocycles. The van der Waals surface area contributed by atoms with Gasteiger partial charge in [0.2, 0.25) is 5.91 Å². The van der Waals surface area contributed by atoms with Crippen molar-refractivity contribution in [2.24, 2.45) is 0 Å². The van der Waals surface area contributed by atoms with Crippen molar-refractivity contribution in [3.63, 3.8) is 0 Å². The van der Waals surface area contributed by atoms with Gasteiger partial charge in [-0.15, -0.1) is 0 Å². The van der Waals surface area contributed by atoms with E-state index in [1.54, 1.807) is 30.3 Å². The molecule has 0 unspecified atom stereocenters. The fraction of sp³-hybridized carbons (Fsp3) is 0.188. The highest BCUT2D eigenvalue weighted by atomic mass is 35.5. The number of aryl methyl sites for hydroxylation is 1. The Kier molecular flexibility index (Phi) is 5.99. The minimum Gasteiger partial charge on any atom is -0.495 e. The molecule has 0 heterocycles. The Hall–Kier alpha value is -1.62. The molecule has 122 valence electrons. The van der Waals surface area contributed by atoms with Gasteiger partial charge in [0.15, 0.2) is 0 Å². The lowest BCUT2D eigenvalue weighted by Gasteiger charge is -2.13. The molecule has 0 aliphatic heterocycles. The molecule has 23 heavy (non-hydrogen) atoms. The summed E-state index contributed by atoms with van der Waals surface area (Å²) in [6.07, 6.45) is 0. The molecular weight excluding hydrogens is 359 g/mol. The minimum absolute atomic E-state index is 0.0326. The van der Waals surface area contributed by atoms with Gasteiger partial charge >= 0.3 is 0 Å². The monoisotopic (exact) mass is 372 g/mol. The van der Waals surface area contributed by atoms with Crippen molar-refractivity contribution in [2.45, 2.75) is 6.92 Å². The normalized spacial score (nSPS) is 10.3. The van der Waals surface area contributed by atoms with E-state index in [1.165, 1.54) is 7.11 Å². The highest BCUT2D eigenvalue weighted by Gasteiger charge is 2.11. The van der Waals surface area contributed by atoms with E-state index in [0.717, 1.165) is 5.56 Å². The Labute approximate surface area is 149 Å². The molecule has 0 spiro atoms. The van der Waals surface area contributed by atoms with E-state index in [-0.39, 0.29) is 12.5 Å². The molecule has 2 rings (SSSR count). The third-order valence-corrected chi connectivity index (χ3v) is 4.09. The summed E-state index contributed by atoms with van der Waals surface area (Å²) >= 11 is 18.0. The second-order valence-corrected chi connectivity index (χ2v) is 6.08. The van der Waals surface area contributed by atoms with Crippen molar-refractivity contribution in [1.82, 2.24) is 0 Å². The molecule has 0 radical (unpaired) electrons. The van der Waals surface area contributed by atoms with Crippen LogP contribution in [0.25, 0.3) is 0 Å². The largest absolute Gasteiger partial charge is 0.495 e. The molecule has 0 saturated carbocycles. The fourth-order valence-corrected chi connectivity index (χ4v) is 2.44. The molecule has 0 aliphatic rings. The second-order valence-electron chi connectivity index (χ2n) is 4.83. The van der Waals surface area contributed by atoms with Crippen LogP contribution in [-0.2, 0) is 4.79 Å². The van der Waals surface area contributed by atoms with Gasteiger partial charge in [0.05, 0.1) is 30.1 Å². The van der Waals surface area contributed by atoms with Gasteiger partial charge in [0, 0.05) is 16.1 Å². The summed E-state index contributed by atoms with van der Waals surface area (Å²) in [4.78, 5) is 12.1. The van der Waals surface area contributed by atoms with Gasteiger partial charge in [-0.05, 0) is 36.8 Å².